The zero-order chi connectivity index (χ0) is 26.7. The number of hydrogen-bond acceptors (Lipinski definition) is 8. The van der Waals surface area contributed by atoms with E-state index in [4.69, 9.17) is 9.47 Å². The maximum atomic E-state index is 13.6. The summed E-state index contributed by atoms with van der Waals surface area (Å²) in [5, 5.41) is 10.5. The zero-order valence-electron chi connectivity index (χ0n) is 21.1. The van der Waals surface area contributed by atoms with E-state index in [1.165, 1.54) is 18.6 Å². The number of ether oxygens (including phenoxy) is 2. The Labute approximate surface area is 211 Å². The van der Waals surface area contributed by atoms with Crippen LogP contribution in [0.2, 0.25) is 0 Å². The average Bonchev–Trinajstić information content (AvgIpc) is 2.84. The summed E-state index contributed by atoms with van der Waals surface area (Å²) in [6.07, 6.45) is 4.14. The quantitative estimate of drug-likeness (QED) is 0.295. The van der Waals surface area contributed by atoms with E-state index in [-0.39, 0.29) is 24.8 Å². The van der Waals surface area contributed by atoms with Gasteiger partial charge < -0.3 is 14.6 Å². The molecular weight excluding hydrogens is 493 g/mol. The summed E-state index contributed by atoms with van der Waals surface area (Å²) < 4.78 is 53.0. The molecule has 202 valence electrons. The second-order valence-electron chi connectivity index (χ2n) is 8.57. The van der Waals surface area contributed by atoms with Gasteiger partial charge in [0.1, 0.15) is 17.5 Å². The summed E-state index contributed by atoms with van der Waals surface area (Å²) in [4.78, 5) is 25.2. The average molecular weight is 530 g/mol. The molecule has 2 heterocycles. The molecule has 0 unspecified atom stereocenters. The van der Waals surface area contributed by atoms with Gasteiger partial charge in [-0.1, -0.05) is 13.3 Å². The summed E-state index contributed by atoms with van der Waals surface area (Å²) in [6.45, 7) is 7.80. The summed E-state index contributed by atoms with van der Waals surface area (Å²) >= 11 is 0. The van der Waals surface area contributed by atoms with E-state index < -0.39 is 44.8 Å². The fraction of sp³-hybridized carbons (Fsp3) is 0.652. The van der Waals surface area contributed by atoms with Crippen molar-refractivity contribution in [3.05, 3.63) is 28.2 Å². The van der Waals surface area contributed by atoms with Crippen LogP contribution in [0, 0.1) is 5.92 Å². The van der Waals surface area contributed by atoms with Crippen LogP contribution < -0.4 is 10.3 Å². The maximum absolute atomic E-state index is 13.6. The number of rotatable bonds is 13. The van der Waals surface area contributed by atoms with Crippen molar-refractivity contribution in [2.24, 2.45) is 15.9 Å². The molecule has 1 saturated heterocycles. The van der Waals surface area contributed by atoms with Crippen molar-refractivity contribution in [1.29, 1.82) is 0 Å². The number of nitrogens with zero attached hydrogens (tertiary/aromatic N) is 4. The van der Waals surface area contributed by atoms with Crippen molar-refractivity contribution in [2.75, 3.05) is 37.4 Å². The minimum Gasteiger partial charge on any atom is -0.492 e. The van der Waals surface area contributed by atoms with Crippen LogP contribution in [0.4, 0.5) is 10.1 Å². The highest BCUT2D eigenvalue weighted by Gasteiger charge is 2.31. The van der Waals surface area contributed by atoms with Crippen LogP contribution in [0.25, 0.3) is 0 Å². The Balaban J connectivity index is 2.45. The van der Waals surface area contributed by atoms with Crippen LogP contribution in [0.3, 0.4) is 0 Å². The number of aryl methyl sites for hydroxylation is 1. The van der Waals surface area contributed by atoms with Gasteiger partial charge in [-0.25, -0.2) is 22.8 Å². The van der Waals surface area contributed by atoms with Gasteiger partial charge in [-0.15, -0.1) is 0 Å². The summed E-state index contributed by atoms with van der Waals surface area (Å²) in [5.74, 6) is -1.37. The summed E-state index contributed by atoms with van der Waals surface area (Å²) in [7, 11) is -2.60. The highest BCUT2D eigenvalue weighted by Crippen LogP contribution is 2.30. The van der Waals surface area contributed by atoms with Crippen LogP contribution in [-0.2, 0) is 25.9 Å². The van der Waals surface area contributed by atoms with Gasteiger partial charge in [-0.3, -0.25) is 14.1 Å². The van der Waals surface area contributed by atoms with Gasteiger partial charge in [0.15, 0.2) is 5.69 Å². The Hall–Kier alpha value is -2.64. The van der Waals surface area contributed by atoms with E-state index in [2.05, 4.69) is 26.4 Å². The van der Waals surface area contributed by atoms with Crippen LogP contribution in [-0.4, -0.2) is 68.3 Å². The number of sulfonamides is 1. The number of aliphatic imine (C=N–C) groups is 2. The highest BCUT2D eigenvalue weighted by molar-refractivity contribution is 7.92. The first-order valence-electron chi connectivity index (χ1n) is 11.9. The van der Waals surface area contributed by atoms with Gasteiger partial charge in [0.25, 0.3) is 5.56 Å². The molecule has 0 aromatic carbocycles. The smallest absolute Gasteiger partial charge is 0.282 e. The number of amidine groups is 1. The van der Waals surface area contributed by atoms with Crippen molar-refractivity contribution >= 4 is 28.3 Å². The first-order valence-corrected chi connectivity index (χ1v) is 13.6. The molecule has 36 heavy (non-hydrogen) atoms. The third-order valence-corrected chi connectivity index (χ3v) is 7.09. The van der Waals surface area contributed by atoms with Crippen molar-refractivity contribution in [2.45, 2.75) is 58.4 Å². The molecule has 1 aromatic rings. The summed E-state index contributed by atoms with van der Waals surface area (Å²) in [5.41, 5.74) is -1.23. The third kappa shape index (κ3) is 8.49. The lowest BCUT2D eigenvalue weighted by molar-refractivity contribution is 0.0272. The lowest BCUT2D eigenvalue weighted by atomic mass is 9.91. The number of nitrogens with one attached hydrogen (secondary N) is 1. The molecule has 1 aliphatic rings. The molecule has 13 heteroatoms. The molecular formula is C23H36FN5O6S. The third-order valence-electron chi connectivity index (χ3n) is 5.83. The Morgan fingerprint density at radius 2 is 2.14 bits per heavy atom. The second kappa shape index (κ2) is 14.2. The topological polar surface area (TPSA) is 144 Å². The molecule has 0 spiro atoms. The SMILES string of the molecule is C=N/C(CCS(=O)(=O)Nc1c(O)nc(CCCC)n([C@@H](COC)C2CCOCC2)c1=O)=N\C=C(/C)F. The van der Waals surface area contributed by atoms with E-state index >= 15 is 0 Å². The van der Waals surface area contributed by atoms with E-state index in [9.17, 15) is 22.7 Å². The second-order valence-corrected chi connectivity index (χ2v) is 10.4. The fourth-order valence-electron chi connectivity index (χ4n) is 3.98. The van der Waals surface area contributed by atoms with Crippen LogP contribution in [0.15, 0.2) is 26.8 Å². The van der Waals surface area contributed by atoms with Gasteiger partial charge in [0.2, 0.25) is 15.9 Å². The monoisotopic (exact) mass is 529 g/mol. The molecule has 0 amide bonds. The van der Waals surface area contributed by atoms with Crippen molar-refractivity contribution < 1.29 is 27.4 Å². The number of allylic oxidation sites excluding steroid dienone is 1. The minimum absolute atomic E-state index is 0.00622. The van der Waals surface area contributed by atoms with Gasteiger partial charge >= 0.3 is 0 Å². The molecule has 1 aliphatic heterocycles. The molecule has 0 bridgehead atoms. The Bertz CT molecular complexity index is 1110. The minimum atomic E-state index is -4.13. The van der Waals surface area contributed by atoms with E-state index in [1.807, 2.05) is 6.92 Å². The molecule has 1 fully saturated rings. The van der Waals surface area contributed by atoms with Crippen molar-refractivity contribution in [1.82, 2.24) is 9.55 Å². The predicted octanol–water partition coefficient (Wildman–Crippen LogP) is 2.97. The zero-order valence-corrected chi connectivity index (χ0v) is 21.9. The lowest BCUT2D eigenvalue weighted by Gasteiger charge is -2.32. The maximum Gasteiger partial charge on any atom is 0.282 e. The molecule has 2 rings (SSSR count). The Morgan fingerprint density at radius 1 is 1.44 bits per heavy atom. The van der Waals surface area contributed by atoms with Crippen LogP contribution in [0.1, 0.15) is 57.8 Å². The molecule has 0 aliphatic carbocycles. The van der Waals surface area contributed by atoms with Gasteiger partial charge in [-0.2, -0.15) is 4.98 Å². The molecule has 0 radical (unpaired) electrons. The van der Waals surface area contributed by atoms with Gasteiger partial charge in [0.05, 0.1) is 24.6 Å². The molecule has 11 nitrogen and oxygen atoms in total. The number of methoxy groups -OCH3 is 1. The van der Waals surface area contributed by atoms with Gasteiger partial charge in [0, 0.05) is 33.2 Å². The molecule has 2 N–H and O–H groups in total. The molecule has 1 atom stereocenters. The fourth-order valence-corrected chi connectivity index (χ4v) is 5.02. The number of hydrogen-bond donors (Lipinski definition) is 2. The van der Waals surface area contributed by atoms with E-state index in [1.54, 1.807) is 0 Å². The normalized spacial score (nSPS) is 16.7. The number of unbranched alkanes of at least 4 members (excludes halogenated alkanes) is 1. The highest BCUT2D eigenvalue weighted by atomic mass is 32.2. The van der Waals surface area contributed by atoms with E-state index in [0.29, 0.717) is 38.3 Å². The predicted molar refractivity (Wildman–Crippen MR) is 137 cm³/mol. The molecule has 1 aromatic heterocycles. The van der Waals surface area contributed by atoms with Crippen molar-refractivity contribution in [3.8, 4) is 5.88 Å². The standard InChI is InChI=1S/C23H36FN5O6S/c1-5-6-7-20-27-22(30)21(28-36(32,33)13-10-19(25-3)26-14-16(2)24)23(31)29(20)18(15-34-4)17-8-11-35-12-9-17/h14,17-18,28,30H,3,5-13,15H2,1-2,4H3/b16-14+,26-19-/t18-/m0/s1. The largest absolute Gasteiger partial charge is 0.492 e. The summed E-state index contributed by atoms with van der Waals surface area (Å²) in [6, 6.07) is -0.408. The van der Waals surface area contributed by atoms with Crippen molar-refractivity contribution in [3.63, 3.8) is 0 Å². The number of halogens is 1. The Kier molecular flexibility index (Phi) is 11.7. The number of aromatic nitrogens is 2. The molecule has 0 saturated carbocycles. The first-order chi connectivity index (χ1) is 17.1. The lowest BCUT2D eigenvalue weighted by Crippen LogP contribution is -2.39. The Morgan fingerprint density at radius 3 is 2.72 bits per heavy atom. The first kappa shape index (κ1) is 29.6. The van der Waals surface area contributed by atoms with Gasteiger partial charge in [-0.05, 0) is 38.8 Å². The van der Waals surface area contributed by atoms with Crippen LogP contribution in [0.5, 0.6) is 5.88 Å². The number of aromatic hydroxyl groups is 1. The number of anilines is 1. The van der Waals surface area contributed by atoms with E-state index in [0.717, 1.165) is 19.0 Å². The van der Waals surface area contributed by atoms with Crippen LogP contribution >= 0.6 is 0 Å².